The summed E-state index contributed by atoms with van der Waals surface area (Å²) in [4.78, 5) is 19.5. The molecule has 1 aromatic heterocycles. The van der Waals surface area contributed by atoms with Gasteiger partial charge in [0.25, 0.3) is 0 Å². The SMILES string of the molecule is CC(CO)N(C)C(=O)NCc1csc(N(C)C)n1. The molecule has 0 aromatic carbocycles. The van der Waals surface area contributed by atoms with E-state index in [0.717, 1.165) is 10.8 Å². The molecule has 0 fully saturated rings. The average Bonchev–Trinajstić information content (AvgIpc) is 2.82. The number of urea groups is 1. The van der Waals surface area contributed by atoms with Crippen LogP contribution < -0.4 is 10.2 Å². The molecule has 0 aliphatic heterocycles. The number of anilines is 1. The van der Waals surface area contributed by atoms with Gasteiger partial charge < -0.3 is 20.2 Å². The topological polar surface area (TPSA) is 68.7 Å². The molecule has 18 heavy (non-hydrogen) atoms. The minimum absolute atomic E-state index is 0.0502. The predicted molar refractivity (Wildman–Crippen MR) is 73.0 cm³/mol. The van der Waals surface area contributed by atoms with Crippen molar-refractivity contribution in [3.05, 3.63) is 11.1 Å². The molecule has 0 aliphatic carbocycles. The van der Waals surface area contributed by atoms with Crippen molar-refractivity contribution in [3.8, 4) is 0 Å². The first-order valence-electron chi connectivity index (χ1n) is 5.69. The average molecular weight is 272 g/mol. The Morgan fingerprint density at radius 3 is 2.72 bits per heavy atom. The number of thiazole rings is 1. The summed E-state index contributed by atoms with van der Waals surface area (Å²) in [6.45, 7) is 2.13. The maximum absolute atomic E-state index is 11.7. The maximum atomic E-state index is 11.7. The third-order valence-electron chi connectivity index (χ3n) is 2.59. The Hall–Kier alpha value is -1.34. The number of aliphatic hydroxyl groups excluding tert-OH is 1. The van der Waals surface area contributed by atoms with Gasteiger partial charge >= 0.3 is 6.03 Å². The van der Waals surface area contributed by atoms with Crippen molar-refractivity contribution >= 4 is 22.5 Å². The standard InChI is InChI=1S/C11H20N4O2S/c1-8(6-16)15(4)10(17)12-5-9-7-18-11(13-9)14(2)3/h7-8,16H,5-6H2,1-4H3,(H,12,17). The van der Waals surface area contributed by atoms with Crippen molar-refractivity contribution in [1.82, 2.24) is 15.2 Å². The summed E-state index contributed by atoms with van der Waals surface area (Å²) in [5.41, 5.74) is 0.835. The lowest BCUT2D eigenvalue weighted by Gasteiger charge is -2.23. The fourth-order valence-corrected chi connectivity index (χ4v) is 1.95. The van der Waals surface area contributed by atoms with Gasteiger partial charge in [-0.2, -0.15) is 0 Å². The number of amides is 2. The molecule has 0 spiro atoms. The molecule has 0 bridgehead atoms. The lowest BCUT2D eigenvalue weighted by atomic mass is 10.3. The van der Waals surface area contributed by atoms with Gasteiger partial charge in [-0.1, -0.05) is 0 Å². The number of nitrogens with one attached hydrogen (secondary N) is 1. The van der Waals surface area contributed by atoms with Crippen molar-refractivity contribution in [2.45, 2.75) is 19.5 Å². The highest BCUT2D eigenvalue weighted by atomic mass is 32.1. The monoisotopic (exact) mass is 272 g/mol. The Balaban J connectivity index is 2.47. The lowest BCUT2D eigenvalue weighted by molar-refractivity contribution is 0.157. The van der Waals surface area contributed by atoms with Crippen molar-refractivity contribution in [2.24, 2.45) is 0 Å². The van der Waals surface area contributed by atoms with E-state index in [0.29, 0.717) is 6.54 Å². The fraction of sp³-hybridized carbons (Fsp3) is 0.636. The smallest absolute Gasteiger partial charge is 0.317 e. The Kier molecular flexibility index (Phi) is 5.36. The second-order valence-electron chi connectivity index (χ2n) is 4.32. The molecule has 1 aromatic rings. The number of carbonyl (C=O) groups is 1. The van der Waals surface area contributed by atoms with E-state index in [1.54, 1.807) is 14.0 Å². The zero-order chi connectivity index (χ0) is 13.7. The van der Waals surface area contributed by atoms with E-state index >= 15 is 0 Å². The van der Waals surface area contributed by atoms with Gasteiger partial charge in [0.1, 0.15) is 0 Å². The van der Waals surface area contributed by atoms with Gasteiger partial charge in [-0.05, 0) is 6.92 Å². The molecule has 1 heterocycles. The second kappa shape index (κ2) is 6.55. The highest BCUT2D eigenvalue weighted by molar-refractivity contribution is 7.13. The largest absolute Gasteiger partial charge is 0.394 e. The number of rotatable bonds is 5. The fourth-order valence-electron chi connectivity index (χ4n) is 1.20. The molecular weight excluding hydrogens is 252 g/mol. The summed E-state index contributed by atoms with van der Waals surface area (Å²) < 4.78 is 0. The lowest BCUT2D eigenvalue weighted by Crippen LogP contribution is -2.43. The second-order valence-corrected chi connectivity index (χ2v) is 5.15. The van der Waals surface area contributed by atoms with Crippen LogP contribution >= 0.6 is 11.3 Å². The highest BCUT2D eigenvalue weighted by Crippen LogP contribution is 2.17. The van der Waals surface area contributed by atoms with E-state index in [9.17, 15) is 4.79 Å². The molecule has 6 nitrogen and oxygen atoms in total. The van der Waals surface area contributed by atoms with Crippen LogP contribution in [0.5, 0.6) is 0 Å². The summed E-state index contributed by atoms with van der Waals surface area (Å²) in [7, 11) is 5.51. The molecule has 0 radical (unpaired) electrons. The summed E-state index contributed by atoms with van der Waals surface area (Å²) in [5.74, 6) is 0. The summed E-state index contributed by atoms with van der Waals surface area (Å²) in [6.07, 6.45) is 0. The maximum Gasteiger partial charge on any atom is 0.317 e. The van der Waals surface area contributed by atoms with Crippen molar-refractivity contribution in [3.63, 3.8) is 0 Å². The predicted octanol–water partition coefficient (Wildman–Crippen LogP) is 0.731. The van der Waals surface area contributed by atoms with Crippen LogP contribution in [-0.2, 0) is 6.54 Å². The molecule has 0 aliphatic rings. The van der Waals surface area contributed by atoms with E-state index in [-0.39, 0.29) is 18.7 Å². The molecule has 1 unspecified atom stereocenters. The highest BCUT2D eigenvalue weighted by Gasteiger charge is 2.14. The third-order valence-corrected chi connectivity index (χ3v) is 3.65. The number of hydrogen-bond acceptors (Lipinski definition) is 5. The van der Waals surface area contributed by atoms with E-state index in [1.165, 1.54) is 16.2 Å². The molecular formula is C11H20N4O2S. The number of carbonyl (C=O) groups excluding carboxylic acids is 1. The minimum atomic E-state index is -0.212. The molecule has 1 rings (SSSR count). The number of nitrogens with zero attached hydrogens (tertiary/aromatic N) is 3. The van der Waals surface area contributed by atoms with Crippen LogP contribution in [0.2, 0.25) is 0 Å². The Labute approximate surface area is 111 Å². The third kappa shape index (κ3) is 3.85. The number of aliphatic hydroxyl groups is 1. The first-order valence-corrected chi connectivity index (χ1v) is 6.57. The summed E-state index contributed by atoms with van der Waals surface area (Å²) in [5, 5.41) is 14.6. The normalized spacial score (nSPS) is 12.1. The molecule has 0 saturated carbocycles. The van der Waals surface area contributed by atoms with Crippen LogP contribution in [0.4, 0.5) is 9.93 Å². The van der Waals surface area contributed by atoms with Crippen LogP contribution in [0.25, 0.3) is 0 Å². The Bertz CT molecular complexity index is 394. The van der Waals surface area contributed by atoms with Crippen LogP contribution in [0, 0.1) is 0 Å². The molecule has 2 amide bonds. The molecule has 102 valence electrons. The Morgan fingerprint density at radius 2 is 2.22 bits per heavy atom. The van der Waals surface area contributed by atoms with Gasteiger partial charge in [0.2, 0.25) is 0 Å². The van der Waals surface area contributed by atoms with Crippen molar-refractivity contribution in [2.75, 3.05) is 32.6 Å². The van der Waals surface area contributed by atoms with Crippen LogP contribution in [-0.4, -0.2) is 54.8 Å². The molecule has 1 atom stereocenters. The van der Waals surface area contributed by atoms with E-state index in [2.05, 4.69) is 10.3 Å². The number of hydrogen-bond donors (Lipinski definition) is 2. The first kappa shape index (κ1) is 14.7. The number of likely N-dealkylation sites (N-methyl/N-ethyl adjacent to an activating group) is 1. The Morgan fingerprint density at radius 1 is 1.56 bits per heavy atom. The number of aromatic nitrogens is 1. The van der Waals surface area contributed by atoms with Gasteiger partial charge in [0.15, 0.2) is 5.13 Å². The van der Waals surface area contributed by atoms with Crippen LogP contribution in [0.1, 0.15) is 12.6 Å². The van der Waals surface area contributed by atoms with Crippen LogP contribution in [0.15, 0.2) is 5.38 Å². The van der Waals surface area contributed by atoms with Crippen LogP contribution in [0.3, 0.4) is 0 Å². The van der Waals surface area contributed by atoms with Gasteiger partial charge in [0.05, 0.1) is 24.9 Å². The zero-order valence-corrected chi connectivity index (χ0v) is 12.0. The van der Waals surface area contributed by atoms with Gasteiger partial charge in [-0.15, -0.1) is 11.3 Å². The summed E-state index contributed by atoms with van der Waals surface area (Å²) in [6, 6.07) is -0.409. The minimum Gasteiger partial charge on any atom is -0.394 e. The first-order chi connectivity index (χ1) is 8.45. The zero-order valence-electron chi connectivity index (χ0n) is 11.2. The van der Waals surface area contributed by atoms with Crippen molar-refractivity contribution < 1.29 is 9.90 Å². The van der Waals surface area contributed by atoms with Gasteiger partial charge in [0, 0.05) is 26.5 Å². The molecule has 2 N–H and O–H groups in total. The van der Waals surface area contributed by atoms with Crippen molar-refractivity contribution in [1.29, 1.82) is 0 Å². The van der Waals surface area contributed by atoms with Gasteiger partial charge in [-0.25, -0.2) is 9.78 Å². The molecule has 7 heteroatoms. The molecule has 0 saturated heterocycles. The van der Waals surface area contributed by atoms with E-state index < -0.39 is 0 Å². The van der Waals surface area contributed by atoms with E-state index in [4.69, 9.17) is 5.11 Å². The quantitative estimate of drug-likeness (QED) is 0.829. The van der Waals surface area contributed by atoms with E-state index in [1.807, 2.05) is 24.4 Å². The van der Waals surface area contributed by atoms with Gasteiger partial charge in [-0.3, -0.25) is 0 Å². The summed E-state index contributed by atoms with van der Waals surface area (Å²) >= 11 is 1.54.